The lowest BCUT2D eigenvalue weighted by Crippen LogP contribution is -2.26. The molecule has 6 nitrogen and oxygen atoms in total. The first-order chi connectivity index (χ1) is 11.9. The van der Waals surface area contributed by atoms with Gasteiger partial charge in [0.1, 0.15) is 11.5 Å². The Labute approximate surface area is 146 Å². The molecule has 7 heteroatoms. The smallest absolute Gasteiger partial charge is 0.154 e. The molecule has 0 fully saturated rings. The Morgan fingerprint density at radius 2 is 2.00 bits per heavy atom. The van der Waals surface area contributed by atoms with Gasteiger partial charge in [-0.05, 0) is 43.5 Å². The van der Waals surface area contributed by atoms with Crippen LogP contribution in [0.2, 0.25) is 0 Å². The molecule has 4 N–H and O–H groups in total. The van der Waals surface area contributed by atoms with E-state index in [4.69, 9.17) is 16.3 Å². The Hall–Kier alpha value is -3.22. The van der Waals surface area contributed by atoms with Gasteiger partial charge in [-0.2, -0.15) is 0 Å². The van der Waals surface area contributed by atoms with Crippen LogP contribution in [0.25, 0.3) is 0 Å². The van der Waals surface area contributed by atoms with E-state index in [0.29, 0.717) is 22.6 Å². The second-order valence-corrected chi connectivity index (χ2v) is 5.60. The zero-order chi connectivity index (χ0) is 18.4. The van der Waals surface area contributed by atoms with E-state index in [1.54, 1.807) is 43.6 Å². The molecule has 1 heterocycles. The lowest BCUT2D eigenvalue weighted by molar-refractivity contribution is 0.469. The van der Waals surface area contributed by atoms with Crippen molar-refractivity contribution in [2.24, 2.45) is 4.99 Å². The first kappa shape index (κ1) is 18.1. The molecule has 25 heavy (non-hydrogen) atoms. The van der Waals surface area contributed by atoms with Crippen molar-refractivity contribution < 1.29 is 9.13 Å². The average Bonchev–Trinajstić information content (AvgIpc) is 2.57. The molecule has 0 bridgehead atoms. The number of ether oxygens (including phenoxy) is 1. The minimum atomic E-state index is -0.483. The van der Waals surface area contributed by atoms with Crippen molar-refractivity contribution in [3.05, 3.63) is 71.9 Å². The van der Waals surface area contributed by atoms with Crippen molar-refractivity contribution in [3.8, 4) is 11.5 Å². The van der Waals surface area contributed by atoms with Crippen LogP contribution in [-0.2, 0) is 0 Å². The molecule has 0 amide bonds. The molecular weight excluding hydrogens is 321 g/mol. The van der Waals surface area contributed by atoms with E-state index in [2.05, 4.69) is 4.99 Å². The minimum Gasteiger partial charge on any atom is -0.457 e. The number of aromatic nitrogens is 1. The van der Waals surface area contributed by atoms with Crippen LogP contribution in [0.15, 0.2) is 60.0 Å². The van der Waals surface area contributed by atoms with E-state index in [9.17, 15) is 4.39 Å². The third-order valence-electron chi connectivity index (χ3n) is 3.32. The predicted molar refractivity (Wildman–Crippen MR) is 97.7 cm³/mol. The molecule has 1 aromatic carbocycles. The Morgan fingerprint density at radius 1 is 1.24 bits per heavy atom. The van der Waals surface area contributed by atoms with Gasteiger partial charge < -0.3 is 21.2 Å². The highest BCUT2D eigenvalue weighted by Gasteiger charge is 2.09. The third-order valence-corrected chi connectivity index (χ3v) is 3.32. The van der Waals surface area contributed by atoms with Crippen molar-refractivity contribution in [3.63, 3.8) is 0 Å². The van der Waals surface area contributed by atoms with Gasteiger partial charge in [0, 0.05) is 38.1 Å². The highest BCUT2D eigenvalue weighted by atomic mass is 19.1. The van der Waals surface area contributed by atoms with Crippen LogP contribution in [0.1, 0.15) is 5.56 Å². The van der Waals surface area contributed by atoms with E-state index in [1.807, 2.05) is 31.3 Å². The van der Waals surface area contributed by atoms with Gasteiger partial charge >= 0.3 is 0 Å². The fourth-order valence-electron chi connectivity index (χ4n) is 1.96. The van der Waals surface area contributed by atoms with Crippen molar-refractivity contribution in [2.75, 3.05) is 25.7 Å². The monoisotopic (exact) mass is 343 g/mol. The standard InChI is InChI=1S/C18H22FN5O/c1-13-16(7-6-15(20)18(13)19)25-14-8-11-24(21)17(12-14)22-9-4-5-10-23(2)3/h4-12H,20-21H2,1-3H3/b9-4-,10-5+,22-17-. The molecular formula is C18H22FN5O. The number of hydrogen-bond acceptors (Lipinski definition) is 5. The van der Waals surface area contributed by atoms with Crippen LogP contribution in [-0.4, -0.2) is 23.7 Å². The summed E-state index contributed by atoms with van der Waals surface area (Å²) in [5.41, 5.74) is 6.46. The van der Waals surface area contributed by atoms with Crippen LogP contribution in [0, 0.1) is 12.7 Å². The first-order valence-corrected chi connectivity index (χ1v) is 7.62. The summed E-state index contributed by atoms with van der Waals surface area (Å²) in [5, 5.41) is 0. The fraction of sp³-hybridized carbons (Fsp3) is 0.167. The number of nitrogen functional groups attached to an aromatic ring is 2. The quantitative estimate of drug-likeness (QED) is 0.496. The van der Waals surface area contributed by atoms with Crippen molar-refractivity contribution >= 4 is 5.69 Å². The van der Waals surface area contributed by atoms with Gasteiger partial charge in [0.2, 0.25) is 0 Å². The van der Waals surface area contributed by atoms with Gasteiger partial charge in [-0.3, -0.25) is 4.68 Å². The van der Waals surface area contributed by atoms with Gasteiger partial charge in [0.05, 0.1) is 5.69 Å². The maximum absolute atomic E-state index is 13.9. The molecule has 1 aromatic heterocycles. The molecule has 0 radical (unpaired) electrons. The Kier molecular flexibility index (Phi) is 5.84. The lowest BCUT2D eigenvalue weighted by Gasteiger charge is -2.11. The Morgan fingerprint density at radius 3 is 2.72 bits per heavy atom. The molecule has 0 spiro atoms. The molecule has 0 aliphatic rings. The molecule has 0 aliphatic carbocycles. The number of pyridine rings is 1. The van der Waals surface area contributed by atoms with Crippen molar-refractivity contribution in [1.29, 1.82) is 0 Å². The van der Waals surface area contributed by atoms with Crippen LogP contribution < -0.4 is 21.8 Å². The normalized spacial score (nSPS) is 12.2. The van der Waals surface area contributed by atoms with Gasteiger partial charge in [-0.1, -0.05) is 0 Å². The zero-order valence-corrected chi connectivity index (χ0v) is 14.5. The van der Waals surface area contributed by atoms with E-state index in [-0.39, 0.29) is 5.69 Å². The van der Waals surface area contributed by atoms with E-state index in [1.165, 1.54) is 10.7 Å². The van der Waals surface area contributed by atoms with Gasteiger partial charge in [0.15, 0.2) is 11.3 Å². The van der Waals surface area contributed by atoms with Crippen molar-refractivity contribution in [2.45, 2.75) is 6.92 Å². The molecule has 2 rings (SSSR count). The number of nitrogens with two attached hydrogens (primary N) is 2. The molecule has 0 saturated heterocycles. The van der Waals surface area contributed by atoms with E-state index < -0.39 is 5.82 Å². The highest BCUT2D eigenvalue weighted by Crippen LogP contribution is 2.28. The van der Waals surface area contributed by atoms with Crippen LogP contribution in [0.3, 0.4) is 0 Å². The van der Waals surface area contributed by atoms with Crippen LogP contribution in [0.4, 0.5) is 10.1 Å². The van der Waals surface area contributed by atoms with Gasteiger partial charge in [0.25, 0.3) is 0 Å². The lowest BCUT2D eigenvalue weighted by atomic mass is 10.2. The minimum absolute atomic E-state index is 0.0873. The van der Waals surface area contributed by atoms with Crippen molar-refractivity contribution in [1.82, 2.24) is 9.58 Å². The molecule has 0 atom stereocenters. The second-order valence-electron chi connectivity index (χ2n) is 5.60. The topological polar surface area (TPSA) is 81.8 Å². The number of rotatable bonds is 5. The SMILES string of the molecule is Cc1c(Oc2ccn(N)\c(=N/C=C\C=C\N(C)C)c2)ccc(N)c1F. The first-order valence-electron chi connectivity index (χ1n) is 7.62. The molecule has 132 valence electrons. The van der Waals surface area contributed by atoms with Crippen LogP contribution in [0.5, 0.6) is 11.5 Å². The maximum Gasteiger partial charge on any atom is 0.154 e. The van der Waals surface area contributed by atoms with Gasteiger partial charge in [-0.25, -0.2) is 9.38 Å². The number of benzene rings is 1. The summed E-state index contributed by atoms with van der Waals surface area (Å²) in [6.45, 7) is 1.61. The van der Waals surface area contributed by atoms with Crippen LogP contribution >= 0.6 is 0 Å². The summed E-state index contributed by atoms with van der Waals surface area (Å²) in [6, 6.07) is 6.42. The number of anilines is 1. The molecule has 2 aromatic rings. The predicted octanol–water partition coefficient (Wildman–Crippen LogP) is 2.51. The van der Waals surface area contributed by atoms with E-state index >= 15 is 0 Å². The average molecular weight is 343 g/mol. The highest BCUT2D eigenvalue weighted by molar-refractivity contribution is 5.50. The number of nitrogens with zero attached hydrogens (tertiary/aromatic N) is 3. The summed E-state index contributed by atoms with van der Waals surface area (Å²) in [4.78, 5) is 6.19. The number of hydrogen-bond donors (Lipinski definition) is 2. The molecule has 0 aliphatic heterocycles. The summed E-state index contributed by atoms with van der Waals surface area (Å²) >= 11 is 0. The zero-order valence-electron chi connectivity index (χ0n) is 14.5. The molecule has 0 unspecified atom stereocenters. The summed E-state index contributed by atoms with van der Waals surface area (Å²) in [7, 11) is 3.86. The summed E-state index contributed by atoms with van der Waals surface area (Å²) in [5.74, 6) is 6.24. The summed E-state index contributed by atoms with van der Waals surface area (Å²) in [6.07, 6.45) is 8.76. The maximum atomic E-state index is 13.9. The molecule has 0 saturated carbocycles. The largest absolute Gasteiger partial charge is 0.457 e. The van der Waals surface area contributed by atoms with E-state index in [0.717, 1.165) is 0 Å². The Bertz CT molecular complexity index is 868. The third kappa shape index (κ3) is 4.87. The summed E-state index contributed by atoms with van der Waals surface area (Å²) < 4.78 is 21.0. The second kappa shape index (κ2) is 8.05. The van der Waals surface area contributed by atoms with Gasteiger partial charge in [-0.15, -0.1) is 0 Å². The Balaban J connectivity index is 2.26. The fourth-order valence-corrected chi connectivity index (χ4v) is 1.96. The number of allylic oxidation sites excluding steroid dienone is 2. The number of halogens is 1.